The number of rotatable bonds is 3. The lowest BCUT2D eigenvalue weighted by atomic mass is 9.95. The Morgan fingerprint density at radius 2 is 1.90 bits per heavy atom. The molecule has 0 saturated heterocycles. The minimum absolute atomic E-state index is 0.0242. The minimum atomic E-state index is -0.0242. The van der Waals surface area contributed by atoms with Crippen LogP contribution in [0.3, 0.4) is 0 Å². The van der Waals surface area contributed by atoms with Crippen LogP contribution >= 0.6 is 11.3 Å². The highest BCUT2D eigenvalue weighted by Gasteiger charge is 2.27. The van der Waals surface area contributed by atoms with Crippen LogP contribution in [-0.2, 0) is 12.8 Å². The van der Waals surface area contributed by atoms with E-state index in [9.17, 15) is 4.79 Å². The van der Waals surface area contributed by atoms with E-state index in [1.165, 1.54) is 16.9 Å². The van der Waals surface area contributed by atoms with E-state index in [1.54, 1.807) is 12.4 Å². The Labute approximate surface area is 173 Å². The van der Waals surface area contributed by atoms with Crippen molar-refractivity contribution in [2.45, 2.75) is 33.1 Å². The van der Waals surface area contributed by atoms with Gasteiger partial charge in [-0.1, -0.05) is 23.8 Å². The molecule has 0 bridgehead atoms. The van der Waals surface area contributed by atoms with Crippen LogP contribution in [0.1, 0.15) is 44.0 Å². The van der Waals surface area contributed by atoms with Gasteiger partial charge in [0.05, 0.1) is 5.69 Å². The normalized spacial score (nSPS) is 13.0. The molecule has 29 heavy (non-hydrogen) atoms. The number of ketones is 1. The summed E-state index contributed by atoms with van der Waals surface area (Å²) in [7, 11) is 0. The molecular weight excluding hydrogens is 378 g/mol. The molecule has 0 fully saturated rings. The second-order valence-corrected chi connectivity index (χ2v) is 8.67. The number of nitrogens with two attached hydrogens (primary N) is 1. The molecule has 1 aliphatic carbocycles. The van der Waals surface area contributed by atoms with Crippen LogP contribution in [0.25, 0.3) is 21.3 Å². The fourth-order valence-corrected chi connectivity index (χ4v) is 5.42. The van der Waals surface area contributed by atoms with E-state index in [-0.39, 0.29) is 5.78 Å². The number of aryl methyl sites for hydroxylation is 3. The van der Waals surface area contributed by atoms with Gasteiger partial charge in [0, 0.05) is 29.0 Å². The molecule has 5 rings (SSSR count). The molecule has 2 N–H and O–H groups in total. The lowest BCUT2D eigenvalue weighted by Crippen LogP contribution is -2.04. The molecule has 144 valence electrons. The summed E-state index contributed by atoms with van der Waals surface area (Å²) in [5.74, 6) is -0.0242. The average Bonchev–Trinajstić information content (AvgIpc) is 3.31. The summed E-state index contributed by atoms with van der Waals surface area (Å²) >= 11 is 1.41. The maximum Gasteiger partial charge on any atom is 0.205 e. The zero-order valence-electron chi connectivity index (χ0n) is 16.5. The van der Waals surface area contributed by atoms with E-state index in [0.29, 0.717) is 16.1 Å². The van der Waals surface area contributed by atoms with Crippen LogP contribution in [0.2, 0.25) is 0 Å². The lowest BCUT2D eigenvalue weighted by Gasteiger charge is -2.11. The number of hydrogen-bond acceptors (Lipinski definition) is 5. The largest absolute Gasteiger partial charge is 0.397 e. The molecule has 3 heterocycles. The standard InChI is InChI=1S/C24H21N3OS/c1-13-6-7-16(14(2)12-13)22(28)23-21(25)20-19(15-8-10-26-11-9-15)17-4-3-5-18(17)27-24(20)29-23/h6-12H,3-5,25H2,1-2H3. The number of thiophene rings is 1. The summed E-state index contributed by atoms with van der Waals surface area (Å²) in [4.78, 5) is 23.9. The lowest BCUT2D eigenvalue weighted by molar-refractivity contribution is 0.104. The smallest absolute Gasteiger partial charge is 0.205 e. The van der Waals surface area contributed by atoms with Crippen molar-refractivity contribution in [3.05, 3.63) is 75.6 Å². The molecule has 1 aromatic carbocycles. The maximum atomic E-state index is 13.4. The number of carbonyl (C=O) groups excluding carboxylic acids is 1. The van der Waals surface area contributed by atoms with E-state index in [2.05, 4.69) is 4.98 Å². The van der Waals surface area contributed by atoms with E-state index < -0.39 is 0 Å². The highest BCUT2D eigenvalue weighted by Crippen LogP contribution is 2.44. The molecule has 0 unspecified atom stereocenters. The molecule has 0 spiro atoms. The molecule has 0 radical (unpaired) electrons. The first-order chi connectivity index (χ1) is 14.0. The zero-order chi connectivity index (χ0) is 20.1. The van der Waals surface area contributed by atoms with E-state index in [1.807, 2.05) is 44.2 Å². The number of nitrogen functional groups attached to an aromatic ring is 1. The summed E-state index contributed by atoms with van der Waals surface area (Å²) in [5.41, 5.74) is 14.6. The predicted octanol–water partition coefficient (Wildman–Crippen LogP) is 5.28. The Kier molecular flexibility index (Phi) is 4.21. The van der Waals surface area contributed by atoms with Crippen molar-refractivity contribution in [3.63, 3.8) is 0 Å². The first-order valence-corrected chi connectivity index (χ1v) is 10.6. The number of anilines is 1. The number of carbonyl (C=O) groups is 1. The van der Waals surface area contributed by atoms with Crippen molar-refractivity contribution in [2.75, 3.05) is 5.73 Å². The first kappa shape index (κ1) is 18.0. The van der Waals surface area contributed by atoms with E-state index >= 15 is 0 Å². The Morgan fingerprint density at radius 1 is 1.10 bits per heavy atom. The molecular formula is C24H21N3OS. The van der Waals surface area contributed by atoms with Crippen molar-refractivity contribution < 1.29 is 4.79 Å². The van der Waals surface area contributed by atoms with Gasteiger partial charge in [-0.3, -0.25) is 9.78 Å². The molecule has 0 amide bonds. The fraction of sp³-hybridized carbons (Fsp3) is 0.208. The van der Waals surface area contributed by atoms with Gasteiger partial charge < -0.3 is 5.73 Å². The Balaban J connectivity index is 1.76. The summed E-state index contributed by atoms with van der Waals surface area (Å²) in [6, 6.07) is 9.92. The highest BCUT2D eigenvalue weighted by molar-refractivity contribution is 7.21. The molecule has 4 aromatic rings. The monoisotopic (exact) mass is 399 g/mol. The highest BCUT2D eigenvalue weighted by atomic mass is 32.1. The van der Waals surface area contributed by atoms with Gasteiger partial charge in [-0.25, -0.2) is 4.98 Å². The molecule has 0 saturated carbocycles. The number of benzene rings is 1. The van der Waals surface area contributed by atoms with Crippen molar-refractivity contribution >= 4 is 33.0 Å². The number of pyridine rings is 2. The van der Waals surface area contributed by atoms with Gasteiger partial charge >= 0.3 is 0 Å². The summed E-state index contributed by atoms with van der Waals surface area (Å²) in [5, 5.41) is 0.912. The Bertz CT molecular complexity index is 1270. The van der Waals surface area contributed by atoms with Crippen molar-refractivity contribution in [3.8, 4) is 11.1 Å². The predicted molar refractivity (Wildman–Crippen MR) is 119 cm³/mol. The van der Waals surface area contributed by atoms with Crippen LogP contribution in [0.5, 0.6) is 0 Å². The molecule has 1 aliphatic rings. The Morgan fingerprint density at radius 3 is 2.66 bits per heavy atom. The number of hydrogen-bond donors (Lipinski definition) is 1. The SMILES string of the molecule is Cc1ccc(C(=O)c2sc3nc4c(c(-c5ccncc5)c3c2N)CCC4)c(C)c1. The quantitative estimate of drug-likeness (QED) is 0.476. The fourth-order valence-electron chi connectivity index (χ4n) is 4.34. The third kappa shape index (κ3) is 2.85. The van der Waals surface area contributed by atoms with Gasteiger partial charge in [-0.2, -0.15) is 0 Å². The van der Waals surface area contributed by atoms with Crippen LogP contribution in [-0.4, -0.2) is 15.8 Å². The van der Waals surface area contributed by atoms with Crippen LogP contribution in [0.4, 0.5) is 5.69 Å². The molecule has 4 nitrogen and oxygen atoms in total. The average molecular weight is 400 g/mol. The van der Waals surface area contributed by atoms with Gasteiger partial charge in [0.1, 0.15) is 9.71 Å². The van der Waals surface area contributed by atoms with Crippen LogP contribution < -0.4 is 5.73 Å². The van der Waals surface area contributed by atoms with Gasteiger partial charge in [-0.15, -0.1) is 11.3 Å². The van der Waals surface area contributed by atoms with E-state index in [0.717, 1.165) is 57.4 Å². The second kappa shape index (κ2) is 6.78. The summed E-state index contributed by atoms with van der Waals surface area (Å²) in [6.07, 6.45) is 6.67. The Hall–Kier alpha value is -3.05. The van der Waals surface area contributed by atoms with Gasteiger partial charge in [0.15, 0.2) is 0 Å². The number of nitrogens with zero attached hydrogens (tertiary/aromatic N) is 2. The van der Waals surface area contributed by atoms with Crippen molar-refractivity contribution in [2.24, 2.45) is 0 Å². The van der Waals surface area contributed by atoms with Gasteiger partial charge in [0.25, 0.3) is 0 Å². The van der Waals surface area contributed by atoms with Gasteiger partial charge in [-0.05, 0) is 67.5 Å². The van der Waals surface area contributed by atoms with E-state index in [4.69, 9.17) is 10.7 Å². The van der Waals surface area contributed by atoms with Crippen LogP contribution in [0, 0.1) is 13.8 Å². The van der Waals surface area contributed by atoms with Gasteiger partial charge in [0.2, 0.25) is 5.78 Å². The summed E-state index contributed by atoms with van der Waals surface area (Å²) < 4.78 is 0. The first-order valence-electron chi connectivity index (χ1n) is 9.80. The zero-order valence-corrected chi connectivity index (χ0v) is 17.3. The number of aromatic nitrogens is 2. The third-order valence-corrected chi connectivity index (χ3v) is 6.80. The topological polar surface area (TPSA) is 68.9 Å². The van der Waals surface area contributed by atoms with Crippen molar-refractivity contribution in [1.29, 1.82) is 0 Å². The third-order valence-electron chi connectivity index (χ3n) is 5.71. The van der Waals surface area contributed by atoms with Crippen molar-refractivity contribution in [1.82, 2.24) is 9.97 Å². The molecule has 3 aromatic heterocycles. The molecule has 0 aliphatic heterocycles. The van der Waals surface area contributed by atoms with Crippen LogP contribution in [0.15, 0.2) is 42.7 Å². The second-order valence-electron chi connectivity index (χ2n) is 7.67. The molecule has 5 heteroatoms. The molecule has 0 atom stereocenters. The minimum Gasteiger partial charge on any atom is -0.397 e. The number of fused-ring (bicyclic) bond motifs is 2. The maximum absolute atomic E-state index is 13.4. The summed E-state index contributed by atoms with van der Waals surface area (Å²) in [6.45, 7) is 4.00.